The summed E-state index contributed by atoms with van der Waals surface area (Å²) >= 11 is 0. The van der Waals surface area contributed by atoms with Gasteiger partial charge in [-0.05, 0) is 134 Å². The van der Waals surface area contributed by atoms with Crippen molar-refractivity contribution in [3.05, 3.63) is 400 Å². The molecule has 6 nitrogen and oxygen atoms in total. The first-order valence-corrected chi connectivity index (χ1v) is 32.0. The number of hydrogen-bond acceptors (Lipinski definition) is 6. The van der Waals surface area contributed by atoms with E-state index in [1.54, 1.807) is 18.6 Å². The second-order valence-electron chi connectivity index (χ2n) is 22.3. The Morgan fingerprint density at radius 1 is 0.263 bits per heavy atom. The molecule has 0 spiro atoms. The number of rotatable bonds is 11. The third kappa shape index (κ3) is 24.1. The second kappa shape index (κ2) is 41.8. The fraction of sp³-hybridized carbons (Fsp3) is 0.0667. The Bertz CT molecular complexity index is 4350. The van der Waals surface area contributed by atoms with Crippen molar-refractivity contribution in [3.8, 4) is 101 Å². The molecule has 9 aromatic carbocycles. The van der Waals surface area contributed by atoms with E-state index in [0.717, 1.165) is 74.0 Å². The molecular weight excluding hydrogens is 1740 g/mol. The molecule has 495 valence electrons. The van der Waals surface area contributed by atoms with Crippen molar-refractivity contribution in [2.45, 2.75) is 40.0 Å². The molecule has 0 atom stereocenters. The summed E-state index contributed by atoms with van der Waals surface area (Å²) in [6.45, 7) is 8.70. The zero-order valence-corrected chi connectivity index (χ0v) is 62.6. The number of aryl methyl sites for hydroxylation is 2. The van der Waals surface area contributed by atoms with E-state index in [0.29, 0.717) is 5.92 Å². The van der Waals surface area contributed by atoms with E-state index in [1.165, 1.54) is 50.1 Å². The largest absolute Gasteiger partial charge is 0.305 e. The van der Waals surface area contributed by atoms with Gasteiger partial charge in [-0.2, -0.15) is 0 Å². The van der Waals surface area contributed by atoms with Crippen LogP contribution < -0.4 is 0 Å². The van der Waals surface area contributed by atoms with E-state index in [4.69, 9.17) is 0 Å². The van der Waals surface area contributed by atoms with Crippen LogP contribution in [0.3, 0.4) is 0 Å². The molecule has 6 aromatic heterocycles. The van der Waals surface area contributed by atoms with E-state index in [9.17, 15) is 0 Å². The van der Waals surface area contributed by atoms with Crippen LogP contribution in [-0.4, -0.2) is 29.9 Å². The molecule has 99 heavy (non-hydrogen) atoms. The standard InChI is InChI=1S/C20H18N.C19H16N.C18H14N.3C11H8N.3Ir/c1-15(2)16-8-10-17(11-9-16)19-12-13-21-20(14-19)18-6-4-3-5-7-18;1-2-15-8-10-16(11-9-15)18-12-13-20-19(14-18)17-6-4-3-5-7-17;1-14-7-9-15(10-8-14)17-11-12-19-18(13-17)16-5-3-2-4-6-16;3*1-2-6-10(7-3-1)11-8-4-5-9-12-11;;;/h3-6,8-15H,1-2H3;3-6,8-14H,2H2,1H3;2-5,7-13H,1H3;3*1-6,8-9H;;;/q6*-1;;;. The van der Waals surface area contributed by atoms with E-state index < -0.39 is 0 Å². The molecule has 0 saturated heterocycles. The first-order chi connectivity index (χ1) is 47.3. The average molecular weight is 1810 g/mol. The minimum atomic E-state index is 0. The van der Waals surface area contributed by atoms with Crippen molar-refractivity contribution in [2.75, 3.05) is 0 Å². The van der Waals surface area contributed by atoms with Crippen molar-refractivity contribution in [2.24, 2.45) is 0 Å². The molecule has 0 unspecified atom stereocenters. The van der Waals surface area contributed by atoms with Gasteiger partial charge >= 0.3 is 0 Å². The van der Waals surface area contributed by atoms with Gasteiger partial charge in [0.15, 0.2) is 0 Å². The predicted molar refractivity (Wildman–Crippen MR) is 396 cm³/mol. The van der Waals surface area contributed by atoms with Crippen LogP contribution in [0.25, 0.3) is 101 Å². The van der Waals surface area contributed by atoms with Gasteiger partial charge in [0.2, 0.25) is 0 Å². The summed E-state index contributed by atoms with van der Waals surface area (Å²) in [7, 11) is 0. The number of aromatic nitrogens is 6. The maximum Gasteiger partial charge on any atom is 0.0166 e. The third-order valence-corrected chi connectivity index (χ3v) is 15.2. The van der Waals surface area contributed by atoms with E-state index in [1.807, 2.05) is 231 Å². The number of hydrogen-bond donors (Lipinski definition) is 0. The molecule has 0 fully saturated rings. The number of nitrogens with zero attached hydrogens (tertiary/aromatic N) is 6. The molecule has 0 aliphatic heterocycles. The van der Waals surface area contributed by atoms with Crippen molar-refractivity contribution in [3.63, 3.8) is 0 Å². The van der Waals surface area contributed by atoms with Gasteiger partial charge in [0.25, 0.3) is 0 Å². The SMILES string of the molecule is CC(C)c1ccc(-c2ccnc(-c3[c-]cccc3)c2)cc1.CCc1ccc(-c2ccnc(-c3[c-]cccc3)c2)cc1.Cc1ccc(-c2ccnc(-c3[c-]cccc3)c2)cc1.[Ir].[Ir].[Ir].[c-]1ccccc1-c1ccccn1.[c-]1ccccc1-c1ccccn1.[c-]1ccccc1-c1ccccn1. The van der Waals surface area contributed by atoms with Crippen LogP contribution in [0.2, 0.25) is 0 Å². The van der Waals surface area contributed by atoms with Crippen LogP contribution in [0.5, 0.6) is 0 Å². The molecule has 3 radical (unpaired) electrons. The molecule has 0 saturated carbocycles. The van der Waals surface area contributed by atoms with Crippen LogP contribution in [0.1, 0.15) is 43.4 Å². The summed E-state index contributed by atoms with van der Waals surface area (Å²) in [6.07, 6.45) is 12.0. The molecule has 0 amide bonds. The third-order valence-electron chi connectivity index (χ3n) is 15.2. The van der Waals surface area contributed by atoms with Crippen LogP contribution in [0, 0.1) is 43.3 Å². The minimum absolute atomic E-state index is 0. The Hall–Kier alpha value is -10.2. The predicted octanol–water partition coefficient (Wildman–Crippen LogP) is 22.3. The molecule has 6 heterocycles. The maximum atomic E-state index is 4.45. The fourth-order valence-electron chi connectivity index (χ4n) is 9.89. The Balaban J connectivity index is 0.000000169. The Labute approximate surface area is 625 Å². The zero-order chi connectivity index (χ0) is 66.2. The monoisotopic (exact) mass is 1820 g/mol. The van der Waals surface area contributed by atoms with Crippen molar-refractivity contribution >= 4 is 0 Å². The van der Waals surface area contributed by atoms with Gasteiger partial charge in [-0.15, -0.1) is 215 Å². The molecule has 9 heteroatoms. The summed E-state index contributed by atoms with van der Waals surface area (Å²) in [5.74, 6) is 0.561. The quantitative estimate of drug-likeness (QED) is 0.120. The number of pyridine rings is 6. The van der Waals surface area contributed by atoms with Crippen LogP contribution in [0.4, 0.5) is 0 Å². The van der Waals surface area contributed by atoms with Gasteiger partial charge in [0.1, 0.15) is 0 Å². The Morgan fingerprint density at radius 3 is 0.778 bits per heavy atom. The van der Waals surface area contributed by atoms with Gasteiger partial charge in [0, 0.05) is 97.5 Å². The minimum Gasteiger partial charge on any atom is -0.305 e. The van der Waals surface area contributed by atoms with Gasteiger partial charge in [-0.25, -0.2) is 0 Å². The molecular formula is C90H72Ir3N6-6. The van der Waals surface area contributed by atoms with Crippen molar-refractivity contribution in [1.29, 1.82) is 0 Å². The van der Waals surface area contributed by atoms with Crippen molar-refractivity contribution < 1.29 is 60.3 Å². The first kappa shape index (κ1) is 76.2. The van der Waals surface area contributed by atoms with E-state index in [-0.39, 0.29) is 60.3 Å². The topological polar surface area (TPSA) is 77.3 Å². The Morgan fingerprint density at radius 2 is 0.525 bits per heavy atom. The van der Waals surface area contributed by atoms with Crippen LogP contribution >= 0.6 is 0 Å². The maximum absolute atomic E-state index is 4.45. The Kier molecular flexibility index (Phi) is 32.2. The summed E-state index contributed by atoms with van der Waals surface area (Å²) < 4.78 is 0. The second-order valence-corrected chi connectivity index (χ2v) is 22.3. The normalized spacial score (nSPS) is 9.91. The molecule has 15 rings (SSSR count). The van der Waals surface area contributed by atoms with Crippen molar-refractivity contribution in [1.82, 2.24) is 29.9 Å². The summed E-state index contributed by atoms with van der Waals surface area (Å²) in [5.41, 5.74) is 23.2. The smallest absolute Gasteiger partial charge is 0.0166 e. The van der Waals surface area contributed by atoms with Gasteiger partial charge < -0.3 is 29.9 Å². The number of benzene rings is 9. The molecule has 0 bridgehead atoms. The van der Waals surface area contributed by atoms with Gasteiger partial charge in [-0.1, -0.05) is 154 Å². The van der Waals surface area contributed by atoms with Crippen LogP contribution in [0.15, 0.2) is 347 Å². The molecule has 0 N–H and O–H groups in total. The summed E-state index contributed by atoms with van der Waals surface area (Å²) in [5, 5.41) is 0. The van der Waals surface area contributed by atoms with Gasteiger partial charge in [-0.3, -0.25) is 0 Å². The zero-order valence-electron chi connectivity index (χ0n) is 55.4. The fourth-order valence-corrected chi connectivity index (χ4v) is 9.89. The molecule has 0 aliphatic rings. The summed E-state index contributed by atoms with van der Waals surface area (Å²) in [6, 6.07) is 122. The van der Waals surface area contributed by atoms with E-state index in [2.05, 4.69) is 191 Å². The molecule has 0 aliphatic carbocycles. The van der Waals surface area contributed by atoms with Gasteiger partial charge in [0.05, 0.1) is 0 Å². The summed E-state index contributed by atoms with van der Waals surface area (Å²) in [4.78, 5) is 26.0. The molecule has 15 aromatic rings. The average Bonchev–Trinajstić information content (AvgIpc) is 0.884. The first-order valence-electron chi connectivity index (χ1n) is 32.0. The van der Waals surface area contributed by atoms with Crippen LogP contribution in [-0.2, 0) is 66.7 Å². The van der Waals surface area contributed by atoms with E-state index >= 15 is 0 Å².